The molecule has 0 bridgehead atoms. The van der Waals surface area contributed by atoms with E-state index in [1.807, 2.05) is 30.9 Å². The molecular weight excluding hydrogens is 270 g/mol. The van der Waals surface area contributed by atoms with Crippen molar-refractivity contribution >= 4 is 11.8 Å². The molecular formula is C14H25N5O2. The molecule has 3 N–H and O–H groups in total. The van der Waals surface area contributed by atoms with Crippen molar-refractivity contribution in [3.63, 3.8) is 0 Å². The van der Waals surface area contributed by atoms with Crippen molar-refractivity contribution in [1.29, 1.82) is 0 Å². The number of aromatic nitrogens is 2. The lowest BCUT2D eigenvalue weighted by molar-refractivity contribution is -0.121. The summed E-state index contributed by atoms with van der Waals surface area (Å²) in [5.74, 6) is -0.185. The lowest BCUT2D eigenvalue weighted by Crippen LogP contribution is -2.43. The topological polar surface area (TPSA) is 88.0 Å². The van der Waals surface area contributed by atoms with Gasteiger partial charge in [-0.25, -0.2) is 0 Å². The van der Waals surface area contributed by atoms with Gasteiger partial charge >= 0.3 is 0 Å². The number of hydrogen-bond donors (Lipinski definition) is 3. The minimum Gasteiger partial charge on any atom is -0.355 e. The summed E-state index contributed by atoms with van der Waals surface area (Å²) in [5, 5.41) is 12.8. The Morgan fingerprint density at radius 2 is 1.95 bits per heavy atom. The SMILES string of the molecule is CC(=O)NCCNC(=O)CN[C@@H](C)[C@@H](C)n1cc(C)cn1. The van der Waals surface area contributed by atoms with Crippen LogP contribution in [0.4, 0.5) is 0 Å². The van der Waals surface area contributed by atoms with E-state index in [0.29, 0.717) is 13.1 Å². The third kappa shape index (κ3) is 6.40. The summed E-state index contributed by atoms with van der Waals surface area (Å²) >= 11 is 0. The van der Waals surface area contributed by atoms with Crippen LogP contribution in [-0.4, -0.2) is 47.3 Å². The second kappa shape index (κ2) is 8.41. The first-order valence-corrected chi connectivity index (χ1v) is 7.15. The molecule has 1 aromatic rings. The van der Waals surface area contributed by atoms with Gasteiger partial charge in [-0.2, -0.15) is 5.10 Å². The number of aryl methyl sites for hydroxylation is 1. The number of nitrogens with zero attached hydrogens (tertiary/aromatic N) is 2. The predicted molar refractivity (Wildman–Crippen MR) is 80.8 cm³/mol. The zero-order valence-corrected chi connectivity index (χ0v) is 13.1. The summed E-state index contributed by atoms with van der Waals surface area (Å²) in [6.07, 6.45) is 3.80. The van der Waals surface area contributed by atoms with Crippen LogP contribution < -0.4 is 16.0 Å². The molecule has 1 aromatic heterocycles. The van der Waals surface area contributed by atoms with Gasteiger partial charge in [0.15, 0.2) is 0 Å². The summed E-state index contributed by atoms with van der Waals surface area (Å²) in [6, 6.07) is 0.274. The number of carbonyl (C=O) groups is 2. The fourth-order valence-corrected chi connectivity index (χ4v) is 1.81. The van der Waals surface area contributed by atoms with Gasteiger partial charge in [0.2, 0.25) is 11.8 Å². The van der Waals surface area contributed by atoms with Crippen LogP contribution in [0, 0.1) is 6.92 Å². The van der Waals surface area contributed by atoms with Crippen LogP contribution in [0.1, 0.15) is 32.4 Å². The van der Waals surface area contributed by atoms with Crippen LogP contribution >= 0.6 is 0 Å². The van der Waals surface area contributed by atoms with Gasteiger partial charge in [-0.1, -0.05) is 0 Å². The standard InChI is InChI=1S/C14H25N5O2/c1-10-7-18-19(9-10)12(3)11(2)17-8-14(21)16-6-5-15-13(4)20/h7,9,11-12,17H,5-6,8H2,1-4H3,(H,15,20)(H,16,21)/t11-,12+/m0/s1. The van der Waals surface area contributed by atoms with Crippen molar-refractivity contribution < 1.29 is 9.59 Å². The Morgan fingerprint density at radius 3 is 2.52 bits per heavy atom. The van der Waals surface area contributed by atoms with E-state index in [2.05, 4.69) is 28.0 Å². The average Bonchev–Trinajstić information content (AvgIpc) is 2.86. The van der Waals surface area contributed by atoms with E-state index in [0.717, 1.165) is 5.56 Å². The third-order valence-electron chi connectivity index (χ3n) is 3.28. The number of carbonyl (C=O) groups excluding carboxylic acids is 2. The Bertz CT molecular complexity index is 472. The van der Waals surface area contributed by atoms with Crippen molar-refractivity contribution in [2.45, 2.75) is 39.8 Å². The van der Waals surface area contributed by atoms with E-state index >= 15 is 0 Å². The molecule has 118 valence electrons. The Morgan fingerprint density at radius 1 is 1.29 bits per heavy atom. The molecule has 2 atom stereocenters. The summed E-state index contributed by atoms with van der Waals surface area (Å²) < 4.78 is 1.89. The molecule has 1 heterocycles. The van der Waals surface area contributed by atoms with E-state index in [9.17, 15) is 9.59 Å². The normalized spacial score (nSPS) is 13.5. The molecule has 0 unspecified atom stereocenters. The molecule has 0 saturated carbocycles. The van der Waals surface area contributed by atoms with Crippen molar-refractivity contribution in [3.05, 3.63) is 18.0 Å². The van der Waals surface area contributed by atoms with Crippen LogP contribution in [0.2, 0.25) is 0 Å². The molecule has 0 saturated heterocycles. The first-order chi connectivity index (χ1) is 9.90. The van der Waals surface area contributed by atoms with E-state index < -0.39 is 0 Å². The van der Waals surface area contributed by atoms with Gasteiger partial charge < -0.3 is 16.0 Å². The summed E-state index contributed by atoms with van der Waals surface area (Å²) in [5.41, 5.74) is 1.12. The van der Waals surface area contributed by atoms with E-state index in [-0.39, 0.29) is 30.4 Å². The maximum atomic E-state index is 11.6. The highest BCUT2D eigenvalue weighted by Gasteiger charge is 2.15. The van der Waals surface area contributed by atoms with Gasteiger partial charge in [0.1, 0.15) is 0 Å². The van der Waals surface area contributed by atoms with Crippen molar-refractivity contribution in [2.24, 2.45) is 0 Å². The maximum Gasteiger partial charge on any atom is 0.234 e. The maximum absolute atomic E-state index is 11.6. The highest BCUT2D eigenvalue weighted by Crippen LogP contribution is 2.10. The van der Waals surface area contributed by atoms with Crippen LogP contribution in [-0.2, 0) is 9.59 Å². The minimum atomic E-state index is -0.0978. The second-order valence-electron chi connectivity index (χ2n) is 5.24. The average molecular weight is 295 g/mol. The predicted octanol–water partition coefficient (Wildman–Crippen LogP) is -0.0171. The van der Waals surface area contributed by atoms with E-state index in [4.69, 9.17) is 0 Å². The Balaban J connectivity index is 2.24. The fraction of sp³-hybridized carbons (Fsp3) is 0.643. The molecule has 2 amide bonds. The zero-order chi connectivity index (χ0) is 15.8. The van der Waals surface area contributed by atoms with Gasteiger partial charge in [-0.15, -0.1) is 0 Å². The van der Waals surface area contributed by atoms with E-state index in [1.54, 1.807) is 0 Å². The summed E-state index contributed by atoms with van der Waals surface area (Å²) in [4.78, 5) is 22.3. The molecule has 0 aliphatic rings. The first-order valence-electron chi connectivity index (χ1n) is 7.15. The lowest BCUT2D eigenvalue weighted by atomic mass is 10.2. The van der Waals surface area contributed by atoms with E-state index in [1.165, 1.54) is 6.92 Å². The monoisotopic (exact) mass is 295 g/mol. The van der Waals surface area contributed by atoms with Gasteiger partial charge in [-0.3, -0.25) is 14.3 Å². The van der Waals surface area contributed by atoms with Crippen molar-refractivity contribution in [2.75, 3.05) is 19.6 Å². The van der Waals surface area contributed by atoms with Crippen LogP contribution in [0.3, 0.4) is 0 Å². The minimum absolute atomic E-state index is 0.0870. The molecule has 0 aliphatic carbocycles. The molecule has 7 nitrogen and oxygen atoms in total. The Kier molecular flexibility index (Phi) is 6.87. The van der Waals surface area contributed by atoms with Crippen molar-refractivity contribution in [3.8, 4) is 0 Å². The van der Waals surface area contributed by atoms with Gasteiger partial charge in [0, 0.05) is 32.3 Å². The van der Waals surface area contributed by atoms with Crippen LogP contribution in [0.5, 0.6) is 0 Å². The molecule has 0 aromatic carbocycles. The Labute approximate surface area is 125 Å². The molecule has 21 heavy (non-hydrogen) atoms. The quantitative estimate of drug-likeness (QED) is 0.588. The molecule has 7 heteroatoms. The smallest absolute Gasteiger partial charge is 0.234 e. The third-order valence-corrected chi connectivity index (χ3v) is 3.28. The highest BCUT2D eigenvalue weighted by atomic mass is 16.2. The van der Waals surface area contributed by atoms with Crippen molar-refractivity contribution in [1.82, 2.24) is 25.7 Å². The molecule has 0 radical (unpaired) electrons. The van der Waals surface area contributed by atoms with Crippen LogP contribution in [0.15, 0.2) is 12.4 Å². The summed E-state index contributed by atoms with van der Waals surface area (Å²) in [7, 11) is 0. The van der Waals surface area contributed by atoms with Gasteiger partial charge in [0.05, 0.1) is 18.8 Å². The number of nitrogens with one attached hydrogen (secondary N) is 3. The molecule has 1 rings (SSSR count). The molecule has 0 spiro atoms. The molecule has 0 fully saturated rings. The largest absolute Gasteiger partial charge is 0.355 e. The number of amides is 2. The first kappa shape index (κ1) is 17.2. The van der Waals surface area contributed by atoms with Gasteiger partial charge in [0.25, 0.3) is 0 Å². The number of rotatable bonds is 8. The van der Waals surface area contributed by atoms with Gasteiger partial charge in [-0.05, 0) is 26.3 Å². The molecule has 0 aliphatic heterocycles. The van der Waals surface area contributed by atoms with Crippen LogP contribution in [0.25, 0.3) is 0 Å². The lowest BCUT2D eigenvalue weighted by Gasteiger charge is -2.21. The fourth-order valence-electron chi connectivity index (χ4n) is 1.81. The summed E-state index contributed by atoms with van der Waals surface area (Å²) in [6.45, 7) is 8.64. The Hall–Kier alpha value is -1.89. The number of hydrogen-bond acceptors (Lipinski definition) is 4. The zero-order valence-electron chi connectivity index (χ0n) is 13.1. The highest BCUT2D eigenvalue weighted by molar-refractivity contribution is 5.78. The second-order valence-corrected chi connectivity index (χ2v) is 5.24.